The van der Waals surface area contributed by atoms with Gasteiger partial charge in [0, 0.05) is 0 Å². The van der Waals surface area contributed by atoms with Crippen LogP contribution >= 0.6 is 0 Å². The summed E-state index contributed by atoms with van der Waals surface area (Å²) in [5.74, 6) is -1.02. The van der Waals surface area contributed by atoms with Crippen molar-refractivity contribution < 1.29 is 15.0 Å². The fraction of sp³-hybridized carbons (Fsp3) is 0.400. The van der Waals surface area contributed by atoms with Gasteiger partial charge in [-0.1, -0.05) is 0 Å². The van der Waals surface area contributed by atoms with Gasteiger partial charge in [0.05, 0.1) is 12.5 Å². The van der Waals surface area contributed by atoms with Crippen molar-refractivity contribution in [3.05, 3.63) is 13.3 Å². The molecule has 3 heteroatoms. The molecule has 3 nitrogen and oxygen atoms in total. The molecule has 0 rings (SSSR count). The van der Waals surface area contributed by atoms with E-state index in [0.29, 0.717) is 0 Å². The van der Waals surface area contributed by atoms with Gasteiger partial charge in [-0.25, -0.2) is 0 Å². The van der Waals surface area contributed by atoms with Crippen molar-refractivity contribution in [2.24, 2.45) is 0 Å². The molecule has 0 aliphatic rings. The smallest absolute Gasteiger partial charge is 0.307 e. The topological polar surface area (TPSA) is 57.5 Å². The molecule has 46 valence electrons. The molecular formula is C5H8O3. The van der Waals surface area contributed by atoms with E-state index >= 15 is 0 Å². The molecule has 0 aliphatic heterocycles. The Hall–Kier alpha value is -0.570. The molecule has 1 unspecified atom stereocenters. The number of hydrogen-bond donors (Lipinski definition) is 2. The SMILES string of the molecule is [CH2]C(O)C[CH]C(=O)O. The van der Waals surface area contributed by atoms with E-state index in [4.69, 9.17) is 10.2 Å². The van der Waals surface area contributed by atoms with Crippen LogP contribution in [0.4, 0.5) is 0 Å². The van der Waals surface area contributed by atoms with E-state index in [9.17, 15) is 4.79 Å². The van der Waals surface area contributed by atoms with Gasteiger partial charge in [-0.05, 0) is 13.3 Å². The lowest BCUT2D eigenvalue weighted by Gasteiger charge is -1.96. The Kier molecular flexibility index (Phi) is 3.19. The zero-order valence-corrected chi connectivity index (χ0v) is 4.37. The minimum Gasteiger partial charge on any atom is -0.481 e. The number of aliphatic hydroxyl groups is 1. The maximum Gasteiger partial charge on any atom is 0.307 e. The highest BCUT2D eigenvalue weighted by molar-refractivity contribution is 5.76. The molecule has 0 saturated heterocycles. The fourth-order valence-corrected chi connectivity index (χ4v) is 0.237. The molecule has 0 fully saturated rings. The first kappa shape index (κ1) is 7.43. The standard InChI is InChI=1S/C5H8O3/c1-4(6)2-3-5(7)8/h3-4,6H,1-2H2,(H,7,8). The van der Waals surface area contributed by atoms with Gasteiger partial charge in [0.25, 0.3) is 0 Å². The van der Waals surface area contributed by atoms with Gasteiger partial charge in [0.2, 0.25) is 0 Å². The van der Waals surface area contributed by atoms with Gasteiger partial charge in [-0.2, -0.15) is 0 Å². The number of hydrogen-bond acceptors (Lipinski definition) is 2. The number of rotatable bonds is 3. The maximum atomic E-state index is 9.71. The lowest BCUT2D eigenvalue weighted by atomic mass is 10.2. The third-order valence-electron chi connectivity index (χ3n) is 0.565. The van der Waals surface area contributed by atoms with E-state index in [1.165, 1.54) is 0 Å². The highest BCUT2D eigenvalue weighted by Crippen LogP contribution is 1.91. The predicted molar refractivity (Wildman–Crippen MR) is 27.9 cm³/mol. The predicted octanol–water partition coefficient (Wildman–Crippen LogP) is -0.140. The summed E-state index contributed by atoms with van der Waals surface area (Å²) in [5.41, 5.74) is 0. The van der Waals surface area contributed by atoms with Gasteiger partial charge in [-0.3, -0.25) is 4.79 Å². The largest absolute Gasteiger partial charge is 0.481 e. The summed E-state index contributed by atoms with van der Waals surface area (Å²) in [5, 5.41) is 16.4. The summed E-state index contributed by atoms with van der Waals surface area (Å²) in [6.07, 6.45) is 0.276. The van der Waals surface area contributed by atoms with E-state index in [-0.39, 0.29) is 6.42 Å². The zero-order chi connectivity index (χ0) is 6.57. The van der Waals surface area contributed by atoms with Crippen LogP contribution in [0.5, 0.6) is 0 Å². The van der Waals surface area contributed by atoms with Crippen molar-refractivity contribution >= 4 is 5.97 Å². The van der Waals surface area contributed by atoms with Crippen molar-refractivity contribution in [2.75, 3.05) is 0 Å². The lowest BCUT2D eigenvalue weighted by molar-refractivity contribution is -0.133. The maximum absolute atomic E-state index is 9.71. The Balaban J connectivity index is 3.05. The Morgan fingerprint density at radius 3 is 2.50 bits per heavy atom. The van der Waals surface area contributed by atoms with Crippen LogP contribution in [0.3, 0.4) is 0 Å². The number of aliphatic hydroxyl groups excluding tert-OH is 1. The molecule has 0 amide bonds. The molecule has 0 aromatic carbocycles. The summed E-state index contributed by atoms with van der Waals surface area (Å²) in [4.78, 5) is 9.71. The summed E-state index contributed by atoms with van der Waals surface area (Å²) in [6, 6.07) is 0. The molecule has 0 saturated carbocycles. The van der Waals surface area contributed by atoms with Crippen LogP contribution in [0.15, 0.2) is 0 Å². The second-order valence-corrected chi connectivity index (χ2v) is 1.43. The van der Waals surface area contributed by atoms with Gasteiger partial charge < -0.3 is 10.2 Å². The first-order chi connectivity index (χ1) is 3.63. The van der Waals surface area contributed by atoms with Crippen LogP contribution in [0.2, 0.25) is 0 Å². The van der Waals surface area contributed by atoms with Crippen LogP contribution < -0.4 is 0 Å². The van der Waals surface area contributed by atoms with Crippen LogP contribution in [-0.2, 0) is 4.79 Å². The molecule has 1 atom stereocenters. The van der Waals surface area contributed by atoms with Gasteiger partial charge in [0.15, 0.2) is 0 Å². The molecule has 8 heavy (non-hydrogen) atoms. The summed E-state index contributed by atoms with van der Waals surface area (Å²) in [7, 11) is 0. The molecule has 0 aromatic rings. The summed E-state index contributed by atoms with van der Waals surface area (Å²) < 4.78 is 0. The molecule has 0 aromatic heterocycles. The van der Waals surface area contributed by atoms with Crippen molar-refractivity contribution in [3.63, 3.8) is 0 Å². The van der Waals surface area contributed by atoms with Crippen molar-refractivity contribution in [1.82, 2.24) is 0 Å². The Morgan fingerprint density at radius 1 is 1.88 bits per heavy atom. The molecule has 0 bridgehead atoms. The van der Waals surface area contributed by atoms with Crippen molar-refractivity contribution in [1.29, 1.82) is 0 Å². The lowest BCUT2D eigenvalue weighted by Crippen LogP contribution is -2.05. The molecule has 2 N–H and O–H groups in total. The van der Waals surface area contributed by atoms with Crippen LogP contribution in [0.25, 0.3) is 0 Å². The fourth-order valence-electron chi connectivity index (χ4n) is 0.237. The van der Waals surface area contributed by atoms with E-state index in [0.717, 1.165) is 6.42 Å². The Labute approximate surface area is 47.9 Å². The van der Waals surface area contributed by atoms with Gasteiger partial charge in [0.1, 0.15) is 0 Å². The second-order valence-electron chi connectivity index (χ2n) is 1.43. The number of carbonyl (C=O) groups is 1. The summed E-state index contributed by atoms with van der Waals surface area (Å²) >= 11 is 0. The average molecular weight is 116 g/mol. The normalized spacial score (nSPS) is 13.2. The summed E-state index contributed by atoms with van der Waals surface area (Å²) in [6.45, 7) is 3.17. The van der Waals surface area contributed by atoms with E-state index < -0.39 is 12.1 Å². The highest BCUT2D eigenvalue weighted by Gasteiger charge is 2.00. The number of carboxylic acids is 1. The second kappa shape index (κ2) is 3.43. The molecular weight excluding hydrogens is 108 g/mol. The average Bonchev–Trinajstić information content (AvgIpc) is 1.61. The highest BCUT2D eigenvalue weighted by atomic mass is 16.4. The molecule has 0 spiro atoms. The van der Waals surface area contributed by atoms with E-state index in [2.05, 4.69) is 6.92 Å². The minimum atomic E-state index is -1.02. The minimum absolute atomic E-state index is 0.106. The first-order valence-electron chi connectivity index (χ1n) is 2.20. The molecule has 0 heterocycles. The van der Waals surface area contributed by atoms with Crippen molar-refractivity contribution in [2.45, 2.75) is 12.5 Å². The monoisotopic (exact) mass is 116 g/mol. The third kappa shape index (κ3) is 5.43. The Bertz CT molecular complexity index is 77.7. The quantitative estimate of drug-likeness (QED) is 0.539. The van der Waals surface area contributed by atoms with Crippen LogP contribution in [0.1, 0.15) is 6.42 Å². The first-order valence-corrected chi connectivity index (χ1v) is 2.20. The van der Waals surface area contributed by atoms with Crippen LogP contribution in [-0.4, -0.2) is 22.3 Å². The van der Waals surface area contributed by atoms with Gasteiger partial charge in [-0.15, -0.1) is 0 Å². The molecule has 2 radical (unpaired) electrons. The molecule has 0 aliphatic carbocycles. The Morgan fingerprint density at radius 2 is 2.38 bits per heavy atom. The van der Waals surface area contributed by atoms with Crippen molar-refractivity contribution in [3.8, 4) is 0 Å². The van der Waals surface area contributed by atoms with Crippen LogP contribution in [0, 0.1) is 13.3 Å². The van der Waals surface area contributed by atoms with E-state index in [1.54, 1.807) is 0 Å². The van der Waals surface area contributed by atoms with Gasteiger partial charge >= 0.3 is 5.97 Å². The number of aliphatic carboxylic acids is 1. The van der Waals surface area contributed by atoms with E-state index in [1.807, 2.05) is 0 Å². The third-order valence-corrected chi connectivity index (χ3v) is 0.565. The number of carboxylic acid groups (broad SMARTS) is 1. The zero-order valence-electron chi connectivity index (χ0n) is 4.37.